The van der Waals surface area contributed by atoms with Crippen LogP contribution in [-0.4, -0.2) is 16.7 Å². The van der Waals surface area contributed by atoms with E-state index < -0.39 is 0 Å². The molecule has 16 heavy (non-hydrogen) atoms. The normalized spacial score (nSPS) is 22.3. The molecule has 0 spiro atoms. The SMILES string of the molecule is CC1(C)CC1c1noc(CCCCCN)n1. The Morgan fingerprint density at radius 3 is 2.75 bits per heavy atom. The number of aromatic nitrogens is 2. The third-order valence-electron chi connectivity index (χ3n) is 3.40. The van der Waals surface area contributed by atoms with Crippen LogP contribution in [0.4, 0.5) is 0 Å². The van der Waals surface area contributed by atoms with Gasteiger partial charge in [-0.05, 0) is 31.2 Å². The summed E-state index contributed by atoms with van der Waals surface area (Å²) in [6.07, 6.45) is 5.38. The third kappa shape index (κ3) is 2.61. The van der Waals surface area contributed by atoms with Crippen LogP contribution < -0.4 is 5.73 Å². The topological polar surface area (TPSA) is 64.9 Å². The summed E-state index contributed by atoms with van der Waals surface area (Å²) in [5, 5.41) is 4.06. The molecule has 1 heterocycles. The Kier molecular flexibility index (Phi) is 3.28. The number of aryl methyl sites for hydroxylation is 1. The second-order valence-electron chi connectivity index (χ2n) is 5.39. The molecular formula is C12H21N3O. The largest absolute Gasteiger partial charge is 0.339 e. The van der Waals surface area contributed by atoms with Crippen molar-refractivity contribution in [2.75, 3.05) is 6.54 Å². The van der Waals surface area contributed by atoms with E-state index in [1.165, 1.54) is 6.42 Å². The fourth-order valence-corrected chi connectivity index (χ4v) is 2.02. The van der Waals surface area contributed by atoms with E-state index in [0.29, 0.717) is 11.3 Å². The zero-order chi connectivity index (χ0) is 11.6. The van der Waals surface area contributed by atoms with E-state index in [2.05, 4.69) is 24.0 Å². The Morgan fingerprint density at radius 2 is 2.12 bits per heavy atom. The molecule has 0 saturated heterocycles. The van der Waals surface area contributed by atoms with E-state index in [4.69, 9.17) is 10.3 Å². The number of unbranched alkanes of at least 4 members (excludes halogenated alkanes) is 2. The van der Waals surface area contributed by atoms with Gasteiger partial charge in [0.15, 0.2) is 5.82 Å². The van der Waals surface area contributed by atoms with Crippen molar-refractivity contribution in [2.24, 2.45) is 11.1 Å². The lowest BCUT2D eigenvalue weighted by Crippen LogP contribution is -1.98. The van der Waals surface area contributed by atoms with Gasteiger partial charge in [0.1, 0.15) is 0 Å². The Morgan fingerprint density at radius 1 is 1.38 bits per heavy atom. The van der Waals surface area contributed by atoms with Crippen molar-refractivity contribution in [3.05, 3.63) is 11.7 Å². The van der Waals surface area contributed by atoms with Gasteiger partial charge in [0.2, 0.25) is 5.89 Å². The summed E-state index contributed by atoms with van der Waals surface area (Å²) in [5.74, 6) is 2.20. The number of nitrogens with zero attached hydrogens (tertiary/aromatic N) is 2. The van der Waals surface area contributed by atoms with Gasteiger partial charge in [-0.1, -0.05) is 25.4 Å². The molecule has 1 aliphatic rings. The minimum Gasteiger partial charge on any atom is -0.339 e. The molecule has 1 unspecified atom stereocenters. The highest BCUT2D eigenvalue weighted by atomic mass is 16.5. The van der Waals surface area contributed by atoms with Gasteiger partial charge in [0.25, 0.3) is 0 Å². The van der Waals surface area contributed by atoms with Crippen molar-refractivity contribution in [1.29, 1.82) is 0 Å². The van der Waals surface area contributed by atoms with E-state index in [0.717, 1.165) is 43.9 Å². The number of nitrogens with two attached hydrogens (primary N) is 1. The third-order valence-corrected chi connectivity index (χ3v) is 3.40. The van der Waals surface area contributed by atoms with Crippen molar-refractivity contribution in [3.8, 4) is 0 Å². The van der Waals surface area contributed by atoms with Crippen molar-refractivity contribution in [1.82, 2.24) is 10.1 Å². The highest BCUT2D eigenvalue weighted by Crippen LogP contribution is 2.57. The van der Waals surface area contributed by atoms with Crippen LogP contribution in [0.15, 0.2) is 4.52 Å². The highest BCUT2D eigenvalue weighted by Gasteiger charge is 2.49. The van der Waals surface area contributed by atoms with Gasteiger partial charge in [0.05, 0.1) is 0 Å². The number of hydrogen-bond donors (Lipinski definition) is 1. The minimum atomic E-state index is 0.376. The molecule has 2 N–H and O–H groups in total. The molecule has 4 nitrogen and oxygen atoms in total. The summed E-state index contributed by atoms with van der Waals surface area (Å²) >= 11 is 0. The molecular weight excluding hydrogens is 202 g/mol. The van der Waals surface area contributed by atoms with Gasteiger partial charge in [-0.15, -0.1) is 0 Å². The van der Waals surface area contributed by atoms with Crippen molar-refractivity contribution < 1.29 is 4.52 Å². The first-order chi connectivity index (χ1) is 7.63. The first-order valence-electron chi connectivity index (χ1n) is 6.16. The summed E-state index contributed by atoms with van der Waals surface area (Å²) in [5.41, 5.74) is 5.81. The fraction of sp³-hybridized carbons (Fsp3) is 0.833. The summed E-state index contributed by atoms with van der Waals surface area (Å²) in [4.78, 5) is 4.46. The lowest BCUT2D eigenvalue weighted by Gasteiger charge is -1.96. The van der Waals surface area contributed by atoms with Gasteiger partial charge < -0.3 is 10.3 Å². The number of hydrogen-bond acceptors (Lipinski definition) is 4. The fourth-order valence-electron chi connectivity index (χ4n) is 2.02. The molecule has 90 valence electrons. The van der Waals surface area contributed by atoms with Crippen LogP contribution in [0.2, 0.25) is 0 Å². The first-order valence-corrected chi connectivity index (χ1v) is 6.16. The van der Waals surface area contributed by atoms with E-state index in [-0.39, 0.29) is 0 Å². The average molecular weight is 223 g/mol. The molecule has 1 saturated carbocycles. The quantitative estimate of drug-likeness (QED) is 0.751. The molecule has 0 aromatic carbocycles. The molecule has 0 radical (unpaired) electrons. The second kappa shape index (κ2) is 4.53. The maximum absolute atomic E-state index is 5.44. The van der Waals surface area contributed by atoms with Crippen LogP contribution >= 0.6 is 0 Å². The summed E-state index contributed by atoms with van der Waals surface area (Å²) in [6, 6.07) is 0. The monoisotopic (exact) mass is 223 g/mol. The predicted molar refractivity (Wildman–Crippen MR) is 62.0 cm³/mol. The maximum Gasteiger partial charge on any atom is 0.226 e. The summed E-state index contributed by atoms with van der Waals surface area (Å²) in [6.45, 7) is 5.26. The van der Waals surface area contributed by atoms with Crippen LogP contribution in [-0.2, 0) is 6.42 Å². The Labute approximate surface area is 96.6 Å². The molecule has 0 amide bonds. The Bertz CT molecular complexity index is 346. The van der Waals surface area contributed by atoms with Crippen molar-refractivity contribution >= 4 is 0 Å². The van der Waals surface area contributed by atoms with Gasteiger partial charge in [-0.3, -0.25) is 0 Å². The zero-order valence-corrected chi connectivity index (χ0v) is 10.2. The molecule has 1 fully saturated rings. The molecule has 0 aliphatic heterocycles. The van der Waals surface area contributed by atoms with Crippen molar-refractivity contribution in [3.63, 3.8) is 0 Å². The lowest BCUT2D eigenvalue weighted by atomic mass is 10.1. The van der Waals surface area contributed by atoms with Gasteiger partial charge in [0, 0.05) is 12.3 Å². The zero-order valence-electron chi connectivity index (χ0n) is 10.2. The molecule has 1 aromatic rings. The highest BCUT2D eigenvalue weighted by molar-refractivity contribution is 5.14. The standard InChI is InChI=1S/C12H21N3O/c1-12(2)8-9(12)11-14-10(16-15-11)6-4-3-5-7-13/h9H,3-8,13H2,1-2H3. The van der Waals surface area contributed by atoms with E-state index in [1.54, 1.807) is 0 Å². The van der Waals surface area contributed by atoms with Crippen LogP contribution in [0.3, 0.4) is 0 Å². The van der Waals surface area contributed by atoms with E-state index in [9.17, 15) is 0 Å². The first kappa shape index (κ1) is 11.6. The minimum absolute atomic E-state index is 0.376. The maximum atomic E-state index is 5.44. The number of rotatable bonds is 6. The van der Waals surface area contributed by atoms with Crippen LogP contribution in [0.25, 0.3) is 0 Å². The molecule has 1 aromatic heterocycles. The second-order valence-corrected chi connectivity index (χ2v) is 5.39. The summed E-state index contributed by atoms with van der Waals surface area (Å²) < 4.78 is 5.25. The van der Waals surface area contributed by atoms with Gasteiger partial charge in [-0.25, -0.2) is 0 Å². The van der Waals surface area contributed by atoms with E-state index in [1.807, 2.05) is 0 Å². The molecule has 1 atom stereocenters. The predicted octanol–water partition coefficient (Wildman–Crippen LogP) is 2.25. The Balaban J connectivity index is 1.79. The summed E-state index contributed by atoms with van der Waals surface area (Å²) in [7, 11) is 0. The van der Waals surface area contributed by atoms with Crippen LogP contribution in [0.5, 0.6) is 0 Å². The van der Waals surface area contributed by atoms with E-state index >= 15 is 0 Å². The molecule has 2 rings (SSSR count). The van der Waals surface area contributed by atoms with Crippen LogP contribution in [0.1, 0.15) is 57.2 Å². The molecule has 0 bridgehead atoms. The van der Waals surface area contributed by atoms with Crippen molar-refractivity contribution in [2.45, 2.75) is 51.9 Å². The molecule has 4 heteroatoms. The smallest absolute Gasteiger partial charge is 0.226 e. The van der Waals surface area contributed by atoms with Crippen LogP contribution in [0, 0.1) is 5.41 Å². The lowest BCUT2D eigenvalue weighted by molar-refractivity contribution is 0.367. The molecule has 1 aliphatic carbocycles. The van der Waals surface area contributed by atoms with Gasteiger partial charge in [-0.2, -0.15) is 4.98 Å². The Hall–Kier alpha value is -0.900. The average Bonchev–Trinajstić information content (AvgIpc) is 2.70. The van der Waals surface area contributed by atoms with Gasteiger partial charge >= 0.3 is 0 Å².